The minimum atomic E-state index is -3.49. The van der Waals surface area contributed by atoms with Gasteiger partial charge >= 0.3 is 0 Å². The van der Waals surface area contributed by atoms with E-state index in [-0.39, 0.29) is 10.8 Å². The number of nitrogens with one attached hydrogen (secondary N) is 1. The molecule has 0 spiro atoms. The third-order valence-electron chi connectivity index (χ3n) is 6.15. The first-order valence-electron chi connectivity index (χ1n) is 11.7. The number of aromatic nitrogens is 1. The molecule has 0 aliphatic carbocycles. The number of amides is 1. The number of carbonyl (C=O) groups excluding carboxylic acids is 1. The van der Waals surface area contributed by atoms with Gasteiger partial charge in [0.2, 0.25) is 15.9 Å². The van der Waals surface area contributed by atoms with Crippen molar-refractivity contribution >= 4 is 21.7 Å². The molecule has 2 aromatic rings. The number of ether oxygens (including phenoxy) is 1. The molecule has 0 saturated carbocycles. The lowest BCUT2D eigenvalue weighted by molar-refractivity contribution is -0.121. The van der Waals surface area contributed by atoms with E-state index in [4.69, 9.17) is 4.74 Å². The molecular weight excluding hydrogens is 440 g/mol. The second kappa shape index (κ2) is 11.1. The number of morpholine rings is 1. The molecule has 1 N–H and O–H groups in total. The predicted octanol–water partition coefficient (Wildman–Crippen LogP) is 2.34. The van der Waals surface area contributed by atoms with Crippen LogP contribution >= 0.6 is 0 Å². The Labute approximate surface area is 196 Å². The van der Waals surface area contributed by atoms with Crippen molar-refractivity contribution in [2.75, 3.05) is 44.3 Å². The first-order valence-corrected chi connectivity index (χ1v) is 13.1. The van der Waals surface area contributed by atoms with Crippen molar-refractivity contribution in [3.63, 3.8) is 0 Å². The van der Waals surface area contributed by atoms with E-state index in [1.54, 1.807) is 24.3 Å². The molecule has 1 aromatic heterocycles. The molecule has 178 valence electrons. The lowest BCUT2D eigenvalue weighted by atomic mass is 10.1. The van der Waals surface area contributed by atoms with Crippen molar-refractivity contribution < 1.29 is 17.9 Å². The summed E-state index contributed by atoms with van der Waals surface area (Å²) in [5.41, 5.74) is 1.90. The largest absolute Gasteiger partial charge is 0.379 e. The van der Waals surface area contributed by atoms with Crippen LogP contribution in [-0.4, -0.2) is 63.0 Å². The molecule has 9 heteroatoms. The second-order valence-electron chi connectivity index (χ2n) is 8.51. The molecule has 4 rings (SSSR count). The van der Waals surface area contributed by atoms with Crippen molar-refractivity contribution in [1.82, 2.24) is 14.6 Å². The van der Waals surface area contributed by atoms with Gasteiger partial charge in [0.25, 0.3) is 0 Å². The van der Waals surface area contributed by atoms with Crippen molar-refractivity contribution in [2.24, 2.45) is 0 Å². The average Bonchev–Trinajstić information content (AvgIpc) is 2.88. The van der Waals surface area contributed by atoms with E-state index in [0.29, 0.717) is 45.7 Å². The molecule has 0 atom stereocenters. The van der Waals surface area contributed by atoms with Crippen LogP contribution in [0.2, 0.25) is 0 Å². The van der Waals surface area contributed by atoms with Gasteiger partial charge in [-0.3, -0.25) is 4.79 Å². The number of rotatable bonds is 8. The van der Waals surface area contributed by atoms with Crippen LogP contribution in [-0.2, 0) is 32.5 Å². The molecule has 0 radical (unpaired) electrons. The van der Waals surface area contributed by atoms with Gasteiger partial charge in [-0.05, 0) is 55.0 Å². The maximum Gasteiger partial charge on any atom is 0.243 e. The number of hydrogen-bond donors (Lipinski definition) is 1. The zero-order valence-corrected chi connectivity index (χ0v) is 19.7. The van der Waals surface area contributed by atoms with Gasteiger partial charge in [-0.1, -0.05) is 18.2 Å². The molecule has 33 heavy (non-hydrogen) atoms. The van der Waals surface area contributed by atoms with Gasteiger partial charge in [0.05, 0.1) is 18.1 Å². The Hall–Kier alpha value is -2.49. The first kappa shape index (κ1) is 23.7. The fraction of sp³-hybridized carbons (Fsp3) is 0.500. The highest BCUT2D eigenvalue weighted by molar-refractivity contribution is 7.89. The summed E-state index contributed by atoms with van der Waals surface area (Å²) in [5.74, 6) is 0.962. The Morgan fingerprint density at radius 2 is 1.64 bits per heavy atom. The van der Waals surface area contributed by atoms with Crippen LogP contribution in [0, 0.1) is 0 Å². The number of piperidine rings is 1. The lowest BCUT2D eigenvalue weighted by Crippen LogP contribution is -2.40. The number of benzene rings is 1. The predicted molar refractivity (Wildman–Crippen MR) is 126 cm³/mol. The number of nitrogens with zero attached hydrogens (tertiary/aromatic N) is 3. The number of pyridine rings is 1. The minimum absolute atomic E-state index is 0.0416. The molecule has 3 heterocycles. The zero-order chi connectivity index (χ0) is 23.1. The third kappa shape index (κ3) is 6.31. The SMILES string of the molecule is O=C(CCc1ccc(S(=O)(=O)N2CCOCC2)cc1)NCc1ccc(N2CCCCC2)nc1. The van der Waals surface area contributed by atoms with Crippen molar-refractivity contribution in [3.8, 4) is 0 Å². The third-order valence-corrected chi connectivity index (χ3v) is 8.06. The summed E-state index contributed by atoms with van der Waals surface area (Å²) in [4.78, 5) is 19.4. The van der Waals surface area contributed by atoms with E-state index in [1.165, 1.54) is 23.6 Å². The Bertz CT molecular complexity index is 1010. The van der Waals surface area contributed by atoms with Gasteiger partial charge in [-0.15, -0.1) is 0 Å². The summed E-state index contributed by atoms with van der Waals surface area (Å²) < 4.78 is 32.1. The van der Waals surface area contributed by atoms with Gasteiger partial charge < -0.3 is 15.0 Å². The lowest BCUT2D eigenvalue weighted by Gasteiger charge is -2.27. The van der Waals surface area contributed by atoms with Gasteiger partial charge in [0, 0.05) is 45.3 Å². The fourth-order valence-corrected chi connectivity index (χ4v) is 5.55. The fourth-order valence-electron chi connectivity index (χ4n) is 4.14. The summed E-state index contributed by atoms with van der Waals surface area (Å²) in [6, 6.07) is 10.8. The van der Waals surface area contributed by atoms with E-state index in [1.807, 2.05) is 18.3 Å². The van der Waals surface area contributed by atoms with Crippen LogP contribution < -0.4 is 10.2 Å². The first-order chi connectivity index (χ1) is 16.0. The highest BCUT2D eigenvalue weighted by Crippen LogP contribution is 2.19. The molecule has 2 saturated heterocycles. The Balaban J connectivity index is 1.22. The molecule has 0 unspecified atom stereocenters. The summed E-state index contributed by atoms with van der Waals surface area (Å²) in [6.07, 6.45) is 6.44. The number of carbonyl (C=O) groups is 1. The summed E-state index contributed by atoms with van der Waals surface area (Å²) in [6.45, 7) is 4.16. The number of anilines is 1. The van der Waals surface area contributed by atoms with Crippen molar-refractivity contribution in [1.29, 1.82) is 0 Å². The standard InChI is InChI=1S/C24H32N4O4S/c29-24(26-19-21-6-10-23(25-18-21)27-12-2-1-3-13-27)11-7-20-4-8-22(9-5-20)33(30,31)28-14-16-32-17-15-28/h4-6,8-10,18H,1-3,7,11-17,19H2,(H,26,29). The minimum Gasteiger partial charge on any atom is -0.379 e. The summed E-state index contributed by atoms with van der Waals surface area (Å²) >= 11 is 0. The average molecular weight is 473 g/mol. The quantitative estimate of drug-likeness (QED) is 0.634. The molecule has 2 aliphatic heterocycles. The number of aryl methyl sites for hydroxylation is 1. The van der Waals surface area contributed by atoms with Crippen LogP contribution in [0.3, 0.4) is 0 Å². The highest BCUT2D eigenvalue weighted by Gasteiger charge is 2.26. The Morgan fingerprint density at radius 1 is 0.939 bits per heavy atom. The van der Waals surface area contributed by atoms with Gasteiger partial charge in [0.15, 0.2) is 0 Å². The maximum atomic E-state index is 12.7. The van der Waals surface area contributed by atoms with Crippen LogP contribution in [0.25, 0.3) is 0 Å². The van der Waals surface area contributed by atoms with Gasteiger partial charge in [-0.2, -0.15) is 4.31 Å². The van der Waals surface area contributed by atoms with Crippen LogP contribution in [0.5, 0.6) is 0 Å². The zero-order valence-electron chi connectivity index (χ0n) is 18.9. The molecule has 2 aliphatic rings. The highest BCUT2D eigenvalue weighted by atomic mass is 32.2. The molecule has 8 nitrogen and oxygen atoms in total. The van der Waals surface area contributed by atoms with Crippen LogP contribution in [0.1, 0.15) is 36.8 Å². The maximum absolute atomic E-state index is 12.7. The second-order valence-corrected chi connectivity index (χ2v) is 10.4. The molecule has 1 amide bonds. The smallest absolute Gasteiger partial charge is 0.243 e. The summed E-state index contributed by atoms with van der Waals surface area (Å²) in [5, 5.41) is 2.94. The van der Waals surface area contributed by atoms with E-state index in [9.17, 15) is 13.2 Å². The van der Waals surface area contributed by atoms with E-state index in [0.717, 1.165) is 30.0 Å². The molecule has 0 bridgehead atoms. The Kier molecular flexibility index (Phi) is 7.95. The van der Waals surface area contributed by atoms with Crippen LogP contribution in [0.4, 0.5) is 5.82 Å². The molecular formula is C24H32N4O4S. The van der Waals surface area contributed by atoms with Gasteiger partial charge in [0.1, 0.15) is 5.82 Å². The summed E-state index contributed by atoms with van der Waals surface area (Å²) in [7, 11) is -3.49. The van der Waals surface area contributed by atoms with E-state index >= 15 is 0 Å². The number of hydrogen-bond acceptors (Lipinski definition) is 6. The normalized spacial score (nSPS) is 17.6. The van der Waals surface area contributed by atoms with Crippen molar-refractivity contribution in [2.45, 2.75) is 43.5 Å². The topological polar surface area (TPSA) is 91.8 Å². The molecule has 2 fully saturated rings. The molecule has 1 aromatic carbocycles. The van der Waals surface area contributed by atoms with E-state index in [2.05, 4.69) is 15.2 Å². The van der Waals surface area contributed by atoms with Gasteiger partial charge in [-0.25, -0.2) is 13.4 Å². The number of sulfonamides is 1. The Morgan fingerprint density at radius 3 is 2.30 bits per heavy atom. The van der Waals surface area contributed by atoms with Crippen molar-refractivity contribution in [3.05, 3.63) is 53.7 Å². The monoisotopic (exact) mass is 472 g/mol. The van der Waals surface area contributed by atoms with E-state index < -0.39 is 10.0 Å². The van der Waals surface area contributed by atoms with Crippen LogP contribution in [0.15, 0.2) is 47.5 Å².